The van der Waals surface area contributed by atoms with Gasteiger partial charge in [0, 0.05) is 28.9 Å². The molecular weight excluding hydrogens is 476 g/mol. The number of imidazole rings is 1. The fourth-order valence-corrected chi connectivity index (χ4v) is 5.86. The van der Waals surface area contributed by atoms with Crippen molar-refractivity contribution < 1.29 is 4.42 Å². The summed E-state index contributed by atoms with van der Waals surface area (Å²) in [6.45, 7) is 0. The lowest BCUT2D eigenvalue weighted by Gasteiger charge is -2.10. The molecule has 8 rings (SSSR count). The van der Waals surface area contributed by atoms with Gasteiger partial charge >= 0.3 is 0 Å². The highest BCUT2D eigenvalue weighted by Crippen LogP contribution is 2.41. The molecule has 2 aromatic heterocycles. The van der Waals surface area contributed by atoms with Crippen LogP contribution < -0.4 is 0 Å². The zero-order chi connectivity index (χ0) is 25.9. The van der Waals surface area contributed by atoms with Crippen molar-refractivity contribution in [2.45, 2.75) is 0 Å². The highest BCUT2D eigenvalue weighted by atomic mass is 16.3. The van der Waals surface area contributed by atoms with Gasteiger partial charge in [0.15, 0.2) is 0 Å². The summed E-state index contributed by atoms with van der Waals surface area (Å²) in [5, 5.41) is 4.71. The standard InChI is InChI=1S/C36H24N2O/c1-38-32-20-19-26(22-31(32)37-36(38)25-9-3-2-4-10-25)23-15-17-24(18-16-23)34-28-12-6-5-11-27(28)21-30-29-13-7-8-14-33(29)39-35(30)34/h2-22H,1H3. The van der Waals surface area contributed by atoms with Crippen LogP contribution in [-0.4, -0.2) is 9.55 Å². The van der Waals surface area contributed by atoms with Crippen LogP contribution >= 0.6 is 0 Å². The molecule has 39 heavy (non-hydrogen) atoms. The van der Waals surface area contributed by atoms with Crippen molar-refractivity contribution >= 4 is 43.7 Å². The van der Waals surface area contributed by atoms with E-state index in [0.717, 1.165) is 66.6 Å². The van der Waals surface area contributed by atoms with Crippen LogP contribution in [0.5, 0.6) is 0 Å². The molecular formula is C36H24N2O. The Balaban J connectivity index is 1.25. The smallest absolute Gasteiger partial charge is 0.143 e. The molecule has 3 nitrogen and oxygen atoms in total. The van der Waals surface area contributed by atoms with Crippen molar-refractivity contribution in [2.24, 2.45) is 7.05 Å². The third kappa shape index (κ3) is 3.40. The van der Waals surface area contributed by atoms with E-state index in [1.807, 2.05) is 18.2 Å². The van der Waals surface area contributed by atoms with E-state index in [9.17, 15) is 0 Å². The lowest BCUT2D eigenvalue weighted by Crippen LogP contribution is -1.91. The van der Waals surface area contributed by atoms with Gasteiger partial charge in [0.25, 0.3) is 0 Å². The first kappa shape index (κ1) is 21.9. The highest BCUT2D eigenvalue weighted by molar-refractivity contribution is 6.18. The van der Waals surface area contributed by atoms with Gasteiger partial charge in [-0.3, -0.25) is 0 Å². The molecule has 0 aliphatic rings. The number of hydrogen-bond donors (Lipinski definition) is 0. The molecule has 0 aliphatic heterocycles. The number of furan rings is 1. The largest absolute Gasteiger partial charge is 0.455 e. The minimum atomic E-state index is 0.916. The number of nitrogens with zero attached hydrogens (tertiary/aromatic N) is 2. The fraction of sp³-hybridized carbons (Fsp3) is 0.0278. The third-order valence-corrected chi connectivity index (χ3v) is 7.81. The summed E-state index contributed by atoms with van der Waals surface area (Å²) in [6, 6.07) is 44.8. The number of benzene rings is 6. The number of aromatic nitrogens is 2. The van der Waals surface area contributed by atoms with E-state index in [1.165, 1.54) is 10.8 Å². The van der Waals surface area contributed by atoms with Gasteiger partial charge in [-0.2, -0.15) is 0 Å². The quantitative estimate of drug-likeness (QED) is 0.242. The number of aryl methyl sites for hydroxylation is 1. The van der Waals surface area contributed by atoms with Crippen LogP contribution in [0.2, 0.25) is 0 Å². The monoisotopic (exact) mass is 500 g/mol. The fourth-order valence-electron chi connectivity index (χ4n) is 5.86. The Morgan fingerprint density at radius 2 is 1.26 bits per heavy atom. The predicted octanol–water partition coefficient (Wildman–Crippen LogP) is 9.63. The normalized spacial score (nSPS) is 11.7. The van der Waals surface area contributed by atoms with Gasteiger partial charge in [0.1, 0.15) is 17.0 Å². The van der Waals surface area contributed by atoms with Crippen molar-refractivity contribution in [3.05, 3.63) is 127 Å². The SMILES string of the molecule is Cn1c(-c2ccccc2)nc2cc(-c3ccc(-c4c5ccccc5cc5c4oc4ccccc45)cc3)ccc21. The molecule has 0 N–H and O–H groups in total. The Kier molecular flexibility index (Phi) is 4.74. The maximum absolute atomic E-state index is 6.45. The van der Waals surface area contributed by atoms with Crippen LogP contribution in [0.1, 0.15) is 0 Å². The topological polar surface area (TPSA) is 31.0 Å². The molecule has 2 heterocycles. The Bertz CT molecular complexity index is 2170. The summed E-state index contributed by atoms with van der Waals surface area (Å²) in [5.41, 5.74) is 9.68. The van der Waals surface area contributed by atoms with Crippen molar-refractivity contribution in [2.75, 3.05) is 0 Å². The van der Waals surface area contributed by atoms with Gasteiger partial charge in [-0.05, 0) is 51.7 Å². The minimum absolute atomic E-state index is 0.916. The first-order chi connectivity index (χ1) is 19.2. The second-order valence-corrected chi connectivity index (χ2v) is 10.1. The van der Waals surface area contributed by atoms with E-state index < -0.39 is 0 Å². The molecule has 0 bridgehead atoms. The average Bonchev–Trinajstić information content (AvgIpc) is 3.53. The number of para-hydroxylation sites is 1. The number of hydrogen-bond acceptors (Lipinski definition) is 2. The summed E-state index contributed by atoms with van der Waals surface area (Å²) in [5.74, 6) is 0.976. The zero-order valence-corrected chi connectivity index (χ0v) is 21.4. The third-order valence-electron chi connectivity index (χ3n) is 7.81. The van der Waals surface area contributed by atoms with Crippen LogP contribution in [-0.2, 0) is 7.05 Å². The first-order valence-electron chi connectivity index (χ1n) is 13.2. The molecule has 0 fully saturated rings. The van der Waals surface area contributed by atoms with Crippen molar-refractivity contribution in [1.29, 1.82) is 0 Å². The maximum Gasteiger partial charge on any atom is 0.143 e. The summed E-state index contributed by atoms with van der Waals surface area (Å²) in [7, 11) is 2.08. The molecule has 0 atom stereocenters. The van der Waals surface area contributed by atoms with E-state index in [4.69, 9.17) is 9.40 Å². The Morgan fingerprint density at radius 3 is 2.10 bits per heavy atom. The maximum atomic E-state index is 6.45. The Morgan fingerprint density at radius 1 is 0.564 bits per heavy atom. The van der Waals surface area contributed by atoms with E-state index in [2.05, 4.69) is 121 Å². The summed E-state index contributed by atoms with van der Waals surface area (Å²) in [6.07, 6.45) is 0. The molecule has 0 spiro atoms. The van der Waals surface area contributed by atoms with Gasteiger partial charge in [0.2, 0.25) is 0 Å². The van der Waals surface area contributed by atoms with E-state index in [0.29, 0.717) is 0 Å². The van der Waals surface area contributed by atoms with E-state index in [-0.39, 0.29) is 0 Å². The van der Waals surface area contributed by atoms with Crippen LogP contribution in [0.4, 0.5) is 0 Å². The lowest BCUT2D eigenvalue weighted by molar-refractivity contribution is 0.670. The molecule has 3 heteroatoms. The molecule has 8 aromatic rings. The first-order valence-corrected chi connectivity index (χ1v) is 13.2. The van der Waals surface area contributed by atoms with Gasteiger partial charge in [-0.15, -0.1) is 0 Å². The predicted molar refractivity (Wildman–Crippen MR) is 162 cm³/mol. The molecule has 0 amide bonds. The van der Waals surface area contributed by atoms with Crippen molar-refractivity contribution in [3.63, 3.8) is 0 Å². The van der Waals surface area contributed by atoms with Gasteiger partial charge < -0.3 is 8.98 Å². The molecule has 0 radical (unpaired) electrons. The number of fused-ring (bicyclic) bond motifs is 5. The van der Waals surface area contributed by atoms with Crippen LogP contribution in [0.25, 0.3) is 77.4 Å². The van der Waals surface area contributed by atoms with Gasteiger partial charge in [0.05, 0.1) is 11.0 Å². The summed E-state index contributed by atoms with van der Waals surface area (Å²) < 4.78 is 8.61. The van der Waals surface area contributed by atoms with Gasteiger partial charge in [-0.1, -0.05) is 103 Å². The Labute approximate surface area is 225 Å². The summed E-state index contributed by atoms with van der Waals surface area (Å²) in [4.78, 5) is 4.97. The summed E-state index contributed by atoms with van der Waals surface area (Å²) >= 11 is 0. The number of rotatable bonds is 3. The average molecular weight is 501 g/mol. The van der Waals surface area contributed by atoms with Crippen LogP contribution in [0, 0.1) is 0 Å². The zero-order valence-electron chi connectivity index (χ0n) is 21.4. The molecule has 0 saturated carbocycles. The molecule has 6 aromatic carbocycles. The molecule has 184 valence electrons. The molecule has 0 aliphatic carbocycles. The van der Waals surface area contributed by atoms with Gasteiger partial charge in [-0.25, -0.2) is 4.98 Å². The second kappa shape index (κ2) is 8.44. The second-order valence-electron chi connectivity index (χ2n) is 10.1. The Hall–Kier alpha value is -5.15. The lowest BCUT2D eigenvalue weighted by atomic mass is 9.94. The van der Waals surface area contributed by atoms with E-state index in [1.54, 1.807) is 0 Å². The minimum Gasteiger partial charge on any atom is -0.455 e. The highest BCUT2D eigenvalue weighted by Gasteiger charge is 2.16. The van der Waals surface area contributed by atoms with Crippen molar-refractivity contribution in [1.82, 2.24) is 9.55 Å². The molecule has 0 saturated heterocycles. The molecule has 0 unspecified atom stereocenters. The van der Waals surface area contributed by atoms with E-state index >= 15 is 0 Å². The van der Waals surface area contributed by atoms with Crippen LogP contribution in [0.15, 0.2) is 132 Å². The van der Waals surface area contributed by atoms with Crippen LogP contribution in [0.3, 0.4) is 0 Å². The van der Waals surface area contributed by atoms with Crippen molar-refractivity contribution in [3.8, 4) is 33.6 Å².